The molecule has 0 atom stereocenters. The Morgan fingerprint density at radius 3 is 2.61 bits per heavy atom. The standard InChI is InChI=1S/C18H16F2N8/c19-14-2-1-3-15(16(14)20)28-18(25-26-27-28)13-6-11(9-24-17(13)22)10-4-5-12(7-21)23-8-10/h1-6,8-9,26-27H,7,21H2,(H2,22,24). The highest BCUT2D eigenvalue weighted by molar-refractivity contribution is 6.13. The van der Waals surface area contributed by atoms with Gasteiger partial charge in [-0.1, -0.05) is 12.1 Å². The molecule has 8 nitrogen and oxygen atoms in total. The quantitative estimate of drug-likeness (QED) is 0.542. The Bertz CT molecular complexity index is 1050. The number of aromatic nitrogens is 2. The van der Waals surface area contributed by atoms with Gasteiger partial charge in [0, 0.05) is 30.1 Å². The van der Waals surface area contributed by atoms with Crippen molar-refractivity contribution in [2.45, 2.75) is 6.54 Å². The van der Waals surface area contributed by atoms with Crippen LogP contribution in [0.3, 0.4) is 0 Å². The third kappa shape index (κ3) is 3.10. The van der Waals surface area contributed by atoms with Gasteiger partial charge in [0.25, 0.3) is 0 Å². The second-order valence-corrected chi connectivity index (χ2v) is 5.97. The number of amidine groups is 1. The fourth-order valence-corrected chi connectivity index (χ4v) is 2.78. The number of hydrogen-bond donors (Lipinski definition) is 4. The zero-order valence-corrected chi connectivity index (χ0v) is 14.5. The summed E-state index contributed by atoms with van der Waals surface area (Å²) >= 11 is 0. The van der Waals surface area contributed by atoms with E-state index in [1.165, 1.54) is 17.1 Å². The minimum atomic E-state index is -1.02. The van der Waals surface area contributed by atoms with Crippen LogP contribution in [-0.2, 0) is 6.54 Å². The van der Waals surface area contributed by atoms with Gasteiger partial charge >= 0.3 is 0 Å². The Kier molecular flexibility index (Phi) is 4.55. The van der Waals surface area contributed by atoms with E-state index in [1.807, 2.05) is 12.1 Å². The van der Waals surface area contributed by atoms with Crippen molar-refractivity contribution in [2.75, 3.05) is 10.7 Å². The van der Waals surface area contributed by atoms with Crippen LogP contribution in [0.5, 0.6) is 0 Å². The number of anilines is 2. The average molecular weight is 382 g/mol. The van der Waals surface area contributed by atoms with Crippen molar-refractivity contribution in [1.82, 2.24) is 21.0 Å². The minimum Gasteiger partial charge on any atom is -0.383 e. The summed E-state index contributed by atoms with van der Waals surface area (Å²) in [5, 5.41) is 5.35. The van der Waals surface area contributed by atoms with Crippen LogP contribution in [-0.4, -0.2) is 15.8 Å². The van der Waals surface area contributed by atoms with Crippen LogP contribution in [0.4, 0.5) is 20.3 Å². The van der Waals surface area contributed by atoms with Crippen LogP contribution < -0.4 is 27.5 Å². The molecule has 1 aliphatic rings. The highest BCUT2D eigenvalue weighted by atomic mass is 19.2. The second-order valence-electron chi connectivity index (χ2n) is 5.97. The van der Waals surface area contributed by atoms with Crippen LogP contribution in [0.2, 0.25) is 0 Å². The van der Waals surface area contributed by atoms with E-state index in [0.717, 1.165) is 22.9 Å². The molecule has 6 N–H and O–H groups in total. The molecule has 0 bridgehead atoms. The molecule has 0 radical (unpaired) electrons. The fraction of sp³-hybridized carbons (Fsp3) is 0.0556. The van der Waals surface area contributed by atoms with Crippen LogP contribution in [0, 0.1) is 11.6 Å². The van der Waals surface area contributed by atoms with Gasteiger partial charge in [0.05, 0.1) is 11.3 Å². The van der Waals surface area contributed by atoms with Crippen molar-refractivity contribution in [3.8, 4) is 11.1 Å². The first-order chi connectivity index (χ1) is 13.6. The summed E-state index contributed by atoms with van der Waals surface area (Å²) < 4.78 is 27.9. The summed E-state index contributed by atoms with van der Waals surface area (Å²) in [5.41, 5.74) is 19.5. The third-order valence-electron chi connectivity index (χ3n) is 4.23. The van der Waals surface area contributed by atoms with Gasteiger partial charge in [0.2, 0.25) is 0 Å². The normalized spacial score (nSPS) is 13.4. The van der Waals surface area contributed by atoms with Gasteiger partial charge < -0.3 is 11.5 Å². The second kappa shape index (κ2) is 7.18. The SMILES string of the molecule is NCc1ccc(-c2cnc(N)c(C3=NNNN3c3cccc(F)c3F)c2)cn1. The van der Waals surface area contributed by atoms with E-state index in [9.17, 15) is 8.78 Å². The largest absolute Gasteiger partial charge is 0.383 e. The van der Waals surface area contributed by atoms with Gasteiger partial charge in [0.15, 0.2) is 17.5 Å². The Balaban J connectivity index is 1.74. The maximum atomic E-state index is 14.3. The number of nitrogen functional groups attached to an aromatic ring is 1. The van der Waals surface area contributed by atoms with E-state index < -0.39 is 11.6 Å². The van der Waals surface area contributed by atoms with Gasteiger partial charge in [0.1, 0.15) is 11.5 Å². The molecular formula is C18H16F2N8. The first kappa shape index (κ1) is 17.8. The van der Waals surface area contributed by atoms with Crippen molar-refractivity contribution < 1.29 is 8.78 Å². The molecule has 3 heterocycles. The molecule has 4 rings (SSSR count). The van der Waals surface area contributed by atoms with Crippen LogP contribution in [0.25, 0.3) is 11.1 Å². The van der Waals surface area contributed by atoms with Gasteiger partial charge in [-0.25, -0.2) is 24.3 Å². The number of halogens is 2. The number of hydrogen-bond acceptors (Lipinski definition) is 8. The van der Waals surface area contributed by atoms with E-state index in [0.29, 0.717) is 12.1 Å². The molecule has 28 heavy (non-hydrogen) atoms. The number of nitrogens with one attached hydrogen (secondary N) is 2. The van der Waals surface area contributed by atoms with Gasteiger partial charge in [-0.3, -0.25) is 4.98 Å². The summed E-state index contributed by atoms with van der Waals surface area (Å²) in [6.07, 6.45) is 3.28. The van der Waals surface area contributed by atoms with Crippen LogP contribution in [0.1, 0.15) is 11.3 Å². The first-order valence-electron chi connectivity index (χ1n) is 8.32. The van der Waals surface area contributed by atoms with Crippen molar-refractivity contribution in [1.29, 1.82) is 0 Å². The van der Waals surface area contributed by atoms with Gasteiger partial charge in [-0.2, -0.15) is 0 Å². The lowest BCUT2D eigenvalue weighted by atomic mass is 10.1. The Morgan fingerprint density at radius 2 is 1.86 bits per heavy atom. The maximum Gasteiger partial charge on any atom is 0.184 e. The third-order valence-corrected chi connectivity index (χ3v) is 4.23. The summed E-state index contributed by atoms with van der Waals surface area (Å²) in [7, 11) is 0. The molecule has 142 valence electrons. The van der Waals surface area contributed by atoms with E-state index in [1.54, 1.807) is 18.5 Å². The molecule has 0 aliphatic carbocycles. The zero-order valence-electron chi connectivity index (χ0n) is 14.5. The molecule has 3 aromatic rings. The lowest BCUT2D eigenvalue weighted by molar-refractivity contribution is 0.504. The summed E-state index contributed by atoms with van der Waals surface area (Å²) in [6.45, 7) is 0.341. The number of hydrazine groups is 2. The highest BCUT2D eigenvalue weighted by Gasteiger charge is 2.26. The Morgan fingerprint density at radius 1 is 1.04 bits per heavy atom. The molecule has 2 aromatic heterocycles. The van der Waals surface area contributed by atoms with E-state index >= 15 is 0 Å². The van der Waals surface area contributed by atoms with Gasteiger partial charge in [-0.15, -0.1) is 10.6 Å². The summed E-state index contributed by atoms with van der Waals surface area (Å²) in [5.74, 6) is -1.57. The number of nitrogens with two attached hydrogens (primary N) is 2. The number of benzene rings is 1. The lowest BCUT2D eigenvalue weighted by Crippen LogP contribution is -2.42. The molecule has 0 spiro atoms. The fourth-order valence-electron chi connectivity index (χ4n) is 2.78. The summed E-state index contributed by atoms with van der Waals surface area (Å²) in [4.78, 5) is 8.47. The monoisotopic (exact) mass is 382 g/mol. The van der Waals surface area contributed by atoms with Crippen molar-refractivity contribution in [3.05, 3.63) is 71.7 Å². The smallest absolute Gasteiger partial charge is 0.184 e. The molecule has 1 aliphatic heterocycles. The molecule has 0 saturated heterocycles. The molecular weight excluding hydrogens is 366 g/mol. The highest BCUT2D eigenvalue weighted by Crippen LogP contribution is 2.27. The van der Waals surface area contributed by atoms with Crippen molar-refractivity contribution in [2.24, 2.45) is 10.8 Å². The molecule has 0 unspecified atom stereocenters. The van der Waals surface area contributed by atoms with E-state index in [2.05, 4.69) is 26.1 Å². The van der Waals surface area contributed by atoms with E-state index in [-0.39, 0.29) is 17.3 Å². The molecule has 10 heteroatoms. The molecule has 0 fully saturated rings. The summed E-state index contributed by atoms with van der Waals surface area (Å²) in [6, 6.07) is 9.27. The maximum absolute atomic E-state index is 14.3. The molecule has 0 amide bonds. The minimum absolute atomic E-state index is 0.0532. The van der Waals surface area contributed by atoms with Crippen LogP contribution >= 0.6 is 0 Å². The predicted molar refractivity (Wildman–Crippen MR) is 101 cm³/mol. The first-order valence-corrected chi connectivity index (χ1v) is 8.32. The number of nitrogens with zero attached hydrogens (tertiary/aromatic N) is 4. The topological polar surface area (TPSA) is 117 Å². The average Bonchev–Trinajstić information content (AvgIpc) is 3.20. The Hall–Kier alpha value is -3.63. The predicted octanol–water partition coefficient (Wildman–Crippen LogP) is 1.65. The molecule has 1 aromatic carbocycles. The van der Waals surface area contributed by atoms with Crippen LogP contribution in [0.15, 0.2) is 53.9 Å². The number of rotatable bonds is 4. The number of pyridine rings is 2. The van der Waals surface area contributed by atoms with Crippen molar-refractivity contribution >= 4 is 17.3 Å². The molecule has 0 saturated carbocycles. The lowest BCUT2D eigenvalue weighted by Gasteiger charge is -2.20. The van der Waals surface area contributed by atoms with E-state index in [4.69, 9.17) is 11.5 Å². The van der Waals surface area contributed by atoms with Crippen molar-refractivity contribution in [3.63, 3.8) is 0 Å². The number of hydrazone groups is 1. The zero-order chi connectivity index (χ0) is 19.7. The van der Waals surface area contributed by atoms with Gasteiger partial charge in [-0.05, 0) is 24.3 Å². The Labute approximate surface area is 158 Å².